The fraction of sp³-hybridized carbons (Fsp3) is 0.290. The minimum atomic E-state index is -0.501. The molecule has 8 nitrogen and oxygen atoms in total. The molecule has 2 heterocycles. The first-order valence-electron chi connectivity index (χ1n) is 13.2. The smallest absolute Gasteiger partial charge is 0.341 e. The SMILES string of the molecule is C=CCn1c(SCC(=O)Nc2sc(C)c(-c3ccccc3)c2C(=O)OC)nnc1C(C)Oc1ccc(C(C)C)cc1. The average molecular weight is 591 g/mol. The molecule has 1 N–H and O–H groups in total. The van der Waals surface area contributed by atoms with Crippen molar-refractivity contribution in [2.45, 2.75) is 51.4 Å². The van der Waals surface area contributed by atoms with Gasteiger partial charge in [-0.2, -0.15) is 0 Å². The Labute approximate surface area is 248 Å². The lowest BCUT2D eigenvalue weighted by atomic mass is 10.0. The Hall–Kier alpha value is -3.89. The van der Waals surface area contributed by atoms with Gasteiger partial charge in [0.05, 0.1) is 12.9 Å². The van der Waals surface area contributed by atoms with Crippen LogP contribution in [0, 0.1) is 6.92 Å². The third kappa shape index (κ3) is 7.07. The van der Waals surface area contributed by atoms with Crippen LogP contribution in [0.5, 0.6) is 5.75 Å². The minimum absolute atomic E-state index is 0.0689. The lowest BCUT2D eigenvalue weighted by molar-refractivity contribution is -0.113. The molecule has 4 rings (SSSR count). The monoisotopic (exact) mass is 590 g/mol. The van der Waals surface area contributed by atoms with Crippen molar-refractivity contribution in [3.05, 3.63) is 89.1 Å². The van der Waals surface area contributed by atoms with Crippen molar-refractivity contribution in [1.82, 2.24) is 14.8 Å². The molecule has 214 valence electrons. The maximum absolute atomic E-state index is 13.1. The number of hydrogen-bond donors (Lipinski definition) is 1. The second-order valence-corrected chi connectivity index (χ2v) is 11.8. The van der Waals surface area contributed by atoms with E-state index in [1.165, 1.54) is 35.8 Å². The van der Waals surface area contributed by atoms with Crippen LogP contribution in [0.15, 0.2) is 72.4 Å². The molecule has 0 saturated carbocycles. The van der Waals surface area contributed by atoms with Crippen molar-refractivity contribution >= 4 is 40.0 Å². The number of ether oxygens (including phenoxy) is 2. The maximum Gasteiger partial charge on any atom is 0.341 e. The number of amides is 1. The summed E-state index contributed by atoms with van der Waals surface area (Å²) in [6.45, 7) is 12.5. The van der Waals surface area contributed by atoms with E-state index in [-0.39, 0.29) is 17.8 Å². The van der Waals surface area contributed by atoms with Crippen LogP contribution in [-0.4, -0.2) is 39.5 Å². The van der Waals surface area contributed by atoms with Gasteiger partial charge in [-0.1, -0.05) is 74.1 Å². The molecule has 0 fully saturated rings. The number of thioether (sulfide) groups is 1. The van der Waals surface area contributed by atoms with Gasteiger partial charge in [-0.3, -0.25) is 9.36 Å². The summed E-state index contributed by atoms with van der Waals surface area (Å²) < 4.78 is 13.1. The molecule has 0 aliphatic rings. The second kappa shape index (κ2) is 13.6. The predicted octanol–water partition coefficient (Wildman–Crippen LogP) is 7.28. The normalized spacial score (nSPS) is 11.8. The molecule has 4 aromatic rings. The van der Waals surface area contributed by atoms with Gasteiger partial charge in [-0.15, -0.1) is 28.1 Å². The van der Waals surface area contributed by atoms with E-state index in [2.05, 4.69) is 48.1 Å². The zero-order valence-electron chi connectivity index (χ0n) is 23.8. The quantitative estimate of drug-likeness (QED) is 0.105. The van der Waals surface area contributed by atoms with Crippen LogP contribution in [-0.2, 0) is 16.1 Å². The van der Waals surface area contributed by atoms with Crippen molar-refractivity contribution in [2.24, 2.45) is 0 Å². The summed E-state index contributed by atoms with van der Waals surface area (Å²) in [4.78, 5) is 26.7. The molecular weight excluding hydrogens is 556 g/mol. The molecule has 2 aromatic heterocycles. The van der Waals surface area contributed by atoms with Gasteiger partial charge in [0, 0.05) is 17.0 Å². The number of aryl methyl sites for hydroxylation is 1. The number of aromatic nitrogens is 3. The fourth-order valence-corrected chi connectivity index (χ4v) is 6.21. The van der Waals surface area contributed by atoms with E-state index in [1.54, 1.807) is 6.08 Å². The van der Waals surface area contributed by atoms with Crippen LogP contribution in [0.2, 0.25) is 0 Å². The minimum Gasteiger partial charge on any atom is -0.483 e. The summed E-state index contributed by atoms with van der Waals surface area (Å²) >= 11 is 2.60. The highest BCUT2D eigenvalue weighted by Crippen LogP contribution is 2.40. The van der Waals surface area contributed by atoms with E-state index in [4.69, 9.17) is 9.47 Å². The Balaban J connectivity index is 1.48. The molecule has 10 heteroatoms. The summed E-state index contributed by atoms with van der Waals surface area (Å²) in [6.07, 6.45) is 1.38. The lowest BCUT2D eigenvalue weighted by Crippen LogP contribution is -2.17. The van der Waals surface area contributed by atoms with Crippen molar-refractivity contribution in [3.63, 3.8) is 0 Å². The molecule has 1 amide bonds. The van der Waals surface area contributed by atoms with Crippen molar-refractivity contribution in [3.8, 4) is 16.9 Å². The molecule has 0 aliphatic carbocycles. The number of benzene rings is 2. The predicted molar refractivity (Wildman–Crippen MR) is 165 cm³/mol. The third-order valence-corrected chi connectivity index (χ3v) is 8.39. The first kappa shape index (κ1) is 30.1. The average Bonchev–Trinajstić information content (AvgIpc) is 3.52. The van der Waals surface area contributed by atoms with Crippen LogP contribution in [0.25, 0.3) is 11.1 Å². The van der Waals surface area contributed by atoms with Crippen molar-refractivity contribution in [2.75, 3.05) is 18.2 Å². The Kier molecular flexibility index (Phi) is 10.0. The van der Waals surface area contributed by atoms with E-state index >= 15 is 0 Å². The molecule has 41 heavy (non-hydrogen) atoms. The van der Waals surface area contributed by atoms with E-state index in [0.29, 0.717) is 34.0 Å². The molecule has 0 bridgehead atoms. The van der Waals surface area contributed by atoms with Crippen molar-refractivity contribution < 1.29 is 19.1 Å². The molecule has 1 unspecified atom stereocenters. The van der Waals surface area contributed by atoms with Crippen LogP contribution < -0.4 is 10.1 Å². The Morgan fingerprint density at radius 2 is 1.80 bits per heavy atom. The highest BCUT2D eigenvalue weighted by Gasteiger charge is 2.26. The number of carbonyl (C=O) groups excluding carboxylic acids is 2. The number of nitrogens with one attached hydrogen (secondary N) is 1. The summed E-state index contributed by atoms with van der Waals surface area (Å²) in [5.74, 6) is 1.11. The molecular formula is C31H34N4O4S2. The number of esters is 1. The number of carbonyl (C=O) groups is 2. The van der Waals surface area contributed by atoms with Crippen LogP contribution in [0.4, 0.5) is 5.00 Å². The number of thiophene rings is 1. The van der Waals surface area contributed by atoms with Crippen molar-refractivity contribution in [1.29, 1.82) is 0 Å². The number of allylic oxidation sites excluding steroid dienone is 1. The third-order valence-electron chi connectivity index (χ3n) is 6.40. The van der Waals surface area contributed by atoms with Gasteiger partial charge >= 0.3 is 5.97 Å². The number of rotatable bonds is 12. The first-order chi connectivity index (χ1) is 19.7. The Bertz CT molecular complexity index is 1510. The molecule has 1 atom stereocenters. The zero-order valence-corrected chi connectivity index (χ0v) is 25.5. The standard InChI is InChI=1S/C31H34N4O4S2/c1-7-17-35-28(20(4)39-24-15-13-22(14-16-24)19(2)3)33-34-31(35)40-18-25(36)32-29-27(30(37)38-6)26(21(5)41-29)23-11-9-8-10-12-23/h7-16,19-20H,1,17-18H2,2-6H3,(H,32,36). The van der Waals surface area contributed by atoms with Crippen LogP contribution in [0.1, 0.15) is 59.4 Å². The van der Waals surface area contributed by atoms with Gasteiger partial charge in [-0.25, -0.2) is 4.79 Å². The van der Waals surface area contributed by atoms with Gasteiger partial charge in [0.2, 0.25) is 5.91 Å². The van der Waals surface area contributed by atoms with Gasteiger partial charge < -0.3 is 14.8 Å². The Morgan fingerprint density at radius 3 is 2.44 bits per heavy atom. The highest BCUT2D eigenvalue weighted by atomic mass is 32.2. The van der Waals surface area contributed by atoms with Crippen LogP contribution >= 0.6 is 23.1 Å². The van der Waals surface area contributed by atoms with E-state index in [1.807, 2.05) is 60.9 Å². The van der Waals surface area contributed by atoms with Gasteiger partial charge in [0.25, 0.3) is 0 Å². The number of hydrogen-bond acceptors (Lipinski definition) is 8. The molecule has 2 aromatic carbocycles. The number of nitrogens with zero attached hydrogens (tertiary/aromatic N) is 3. The zero-order chi connectivity index (χ0) is 29.5. The van der Waals surface area contributed by atoms with E-state index in [0.717, 1.165) is 21.8 Å². The van der Waals surface area contributed by atoms with E-state index in [9.17, 15) is 9.59 Å². The molecule has 0 radical (unpaired) electrons. The lowest BCUT2D eigenvalue weighted by Gasteiger charge is -2.16. The van der Waals surface area contributed by atoms with Gasteiger partial charge in [0.1, 0.15) is 16.3 Å². The van der Waals surface area contributed by atoms with Gasteiger partial charge in [-0.05, 0) is 43.0 Å². The number of methoxy groups -OCH3 is 1. The summed E-state index contributed by atoms with van der Waals surface area (Å²) in [5, 5.41) is 12.6. The van der Waals surface area contributed by atoms with E-state index < -0.39 is 5.97 Å². The topological polar surface area (TPSA) is 95.3 Å². The van der Waals surface area contributed by atoms with Gasteiger partial charge in [0.15, 0.2) is 17.1 Å². The molecule has 0 aliphatic heterocycles. The maximum atomic E-state index is 13.1. The second-order valence-electron chi connectivity index (χ2n) is 9.66. The largest absolute Gasteiger partial charge is 0.483 e. The summed E-state index contributed by atoms with van der Waals surface area (Å²) in [6, 6.07) is 17.6. The molecule has 0 saturated heterocycles. The first-order valence-corrected chi connectivity index (χ1v) is 15.0. The van der Waals surface area contributed by atoms with Crippen LogP contribution in [0.3, 0.4) is 0 Å². The number of anilines is 1. The summed E-state index contributed by atoms with van der Waals surface area (Å²) in [5.41, 5.74) is 3.23. The summed E-state index contributed by atoms with van der Waals surface area (Å²) in [7, 11) is 1.33. The molecule has 0 spiro atoms. The fourth-order valence-electron chi connectivity index (χ4n) is 4.37. The Morgan fingerprint density at radius 1 is 1.10 bits per heavy atom. The highest BCUT2D eigenvalue weighted by molar-refractivity contribution is 7.99.